The topological polar surface area (TPSA) is 20.3 Å². The lowest BCUT2D eigenvalue weighted by molar-refractivity contribution is 0.0723. The second-order valence-corrected chi connectivity index (χ2v) is 6.02. The molecular formula is C12H12Cl2INO. The number of likely N-dealkylation sites (tertiary alicyclic amines) is 1. The molecule has 92 valence electrons. The summed E-state index contributed by atoms with van der Waals surface area (Å²) in [6, 6.07) is 3.37. The Balaban J connectivity index is 2.29. The molecule has 1 fully saturated rings. The molecule has 0 spiro atoms. The normalized spacial score (nSPS) is 16.1. The smallest absolute Gasteiger partial charge is 0.255 e. The van der Waals surface area contributed by atoms with Gasteiger partial charge >= 0.3 is 0 Å². The van der Waals surface area contributed by atoms with Gasteiger partial charge in [-0.1, -0.05) is 23.2 Å². The van der Waals surface area contributed by atoms with Crippen LogP contribution in [0.15, 0.2) is 12.1 Å². The average Bonchev–Trinajstić information content (AvgIpc) is 2.34. The molecule has 0 radical (unpaired) electrons. The maximum absolute atomic E-state index is 12.3. The Hall–Kier alpha value is -0.0000000000000000555. The van der Waals surface area contributed by atoms with Gasteiger partial charge in [0.15, 0.2) is 0 Å². The molecule has 2 nitrogen and oxygen atoms in total. The van der Waals surface area contributed by atoms with Crippen molar-refractivity contribution in [3.63, 3.8) is 0 Å². The lowest BCUT2D eigenvalue weighted by Crippen LogP contribution is -2.36. The second kappa shape index (κ2) is 5.76. The minimum absolute atomic E-state index is 0.0403. The van der Waals surface area contributed by atoms with E-state index in [4.69, 9.17) is 23.2 Å². The van der Waals surface area contributed by atoms with E-state index in [1.165, 1.54) is 6.42 Å². The lowest BCUT2D eigenvalue weighted by Gasteiger charge is -2.27. The summed E-state index contributed by atoms with van der Waals surface area (Å²) in [4.78, 5) is 14.2. The van der Waals surface area contributed by atoms with Crippen molar-refractivity contribution in [1.29, 1.82) is 0 Å². The van der Waals surface area contributed by atoms with Crippen molar-refractivity contribution in [2.24, 2.45) is 0 Å². The molecule has 1 aliphatic heterocycles. The lowest BCUT2D eigenvalue weighted by atomic mass is 10.1. The fourth-order valence-electron chi connectivity index (χ4n) is 1.98. The van der Waals surface area contributed by atoms with Crippen LogP contribution in [0.5, 0.6) is 0 Å². The van der Waals surface area contributed by atoms with Crippen molar-refractivity contribution in [3.05, 3.63) is 31.3 Å². The highest BCUT2D eigenvalue weighted by atomic mass is 127. The second-order valence-electron chi connectivity index (χ2n) is 4.10. The first kappa shape index (κ1) is 13.4. The van der Waals surface area contributed by atoms with Crippen LogP contribution in [-0.2, 0) is 0 Å². The molecule has 0 bridgehead atoms. The maximum Gasteiger partial charge on any atom is 0.255 e. The van der Waals surface area contributed by atoms with Crippen LogP contribution in [-0.4, -0.2) is 23.9 Å². The van der Waals surface area contributed by atoms with Gasteiger partial charge in [-0.25, -0.2) is 0 Å². The Morgan fingerprint density at radius 1 is 1.18 bits per heavy atom. The molecular weight excluding hydrogens is 372 g/mol. The first-order valence-electron chi connectivity index (χ1n) is 5.53. The number of carbonyl (C=O) groups is 1. The van der Waals surface area contributed by atoms with E-state index >= 15 is 0 Å². The maximum atomic E-state index is 12.3. The Bertz CT molecular complexity index is 444. The van der Waals surface area contributed by atoms with Gasteiger partial charge in [-0.15, -0.1) is 0 Å². The zero-order valence-corrected chi connectivity index (χ0v) is 12.8. The molecule has 0 aromatic heterocycles. The zero-order valence-electron chi connectivity index (χ0n) is 9.18. The summed E-state index contributed by atoms with van der Waals surface area (Å²) >= 11 is 14.1. The molecule has 0 unspecified atom stereocenters. The number of amides is 1. The highest BCUT2D eigenvalue weighted by molar-refractivity contribution is 14.1. The summed E-state index contributed by atoms with van der Waals surface area (Å²) in [6.45, 7) is 1.66. The summed E-state index contributed by atoms with van der Waals surface area (Å²) < 4.78 is 0.782. The summed E-state index contributed by atoms with van der Waals surface area (Å²) in [5.74, 6) is 0.0403. The van der Waals surface area contributed by atoms with Crippen molar-refractivity contribution in [1.82, 2.24) is 4.90 Å². The van der Waals surface area contributed by atoms with Gasteiger partial charge in [0.2, 0.25) is 0 Å². The number of piperidine rings is 1. The van der Waals surface area contributed by atoms with Crippen LogP contribution < -0.4 is 0 Å². The minimum atomic E-state index is 0.0403. The van der Waals surface area contributed by atoms with Gasteiger partial charge in [0.1, 0.15) is 0 Å². The first-order chi connectivity index (χ1) is 8.09. The summed E-state index contributed by atoms with van der Waals surface area (Å²) in [5, 5.41) is 1.05. The highest BCUT2D eigenvalue weighted by Gasteiger charge is 2.21. The number of benzene rings is 1. The van der Waals surface area contributed by atoms with Crippen LogP contribution in [0.4, 0.5) is 0 Å². The minimum Gasteiger partial charge on any atom is -0.339 e. The average molecular weight is 384 g/mol. The monoisotopic (exact) mass is 383 g/mol. The standard InChI is InChI=1S/C12H12Cl2INO/c13-8-6-9(11(15)10(14)7-8)12(17)16-4-2-1-3-5-16/h6-7H,1-5H2. The highest BCUT2D eigenvalue weighted by Crippen LogP contribution is 2.28. The number of halogens is 3. The van der Waals surface area contributed by atoms with Crippen molar-refractivity contribution in [2.75, 3.05) is 13.1 Å². The SMILES string of the molecule is O=C(c1cc(Cl)cc(Cl)c1I)N1CCCCC1. The predicted octanol–water partition coefficient (Wildman–Crippen LogP) is 4.22. The number of hydrogen-bond acceptors (Lipinski definition) is 1. The molecule has 5 heteroatoms. The van der Waals surface area contributed by atoms with Crippen LogP contribution in [0.1, 0.15) is 29.6 Å². The Morgan fingerprint density at radius 3 is 2.47 bits per heavy atom. The van der Waals surface area contributed by atoms with E-state index in [2.05, 4.69) is 22.6 Å². The van der Waals surface area contributed by atoms with E-state index in [-0.39, 0.29) is 5.91 Å². The molecule has 1 aromatic rings. The van der Waals surface area contributed by atoms with Crippen LogP contribution in [0, 0.1) is 3.57 Å². The molecule has 1 aromatic carbocycles. The zero-order chi connectivity index (χ0) is 12.4. The number of hydrogen-bond donors (Lipinski definition) is 0. The summed E-state index contributed by atoms with van der Waals surface area (Å²) in [5.41, 5.74) is 0.616. The molecule has 1 saturated heterocycles. The molecule has 0 aliphatic carbocycles. The third-order valence-electron chi connectivity index (χ3n) is 2.87. The van der Waals surface area contributed by atoms with Crippen molar-refractivity contribution >= 4 is 51.7 Å². The van der Waals surface area contributed by atoms with E-state index in [1.54, 1.807) is 12.1 Å². The van der Waals surface area contributed by atoms with Crippen LogP contribution in [0.3, 0.4) is 0 Å². The van der Waals surface area contributed by atoms with Crippen LogP contribution in [0.2, 0.25) is 10.0 Å². The van der Waals surface area contributed by atoms with Crippen LogP contribution in [0.25, 0.3) is 0 Å². The fraction of sp³-hybridized carbons (Fsp3) is 0.417. The quantitative estimate of drug-likeness (QED) is 0.525. The number of nitrogens with zero attached hydrogens (tertiary/aromatic N) is 1. The van der Waals surface area contributed by atoms with Gasteiger partial charge < -0.3 is 4.90 Å². The molecule has 17 heavy (non-hydrogen) atoms. The molecule has 0 N–H and O–H groups in total. The van der Waals surface area contributed by atoms with E-state index in [9.17, 15) is 4.79 Å². The third kappa shape index (κ3) is 3.06. The van der Waals surface area contributed by atoms with E-state index < -0.39 is 0 Å². The van der Waals surface area contributed by atoms with Gasteiger partial charge in [-0.3, -0.25) is 4.79 Å². The Morgan fingerprint density at radius 2 is 1.82 bits per heavy atom. The van der Waals surface area contributed by atoms with Gasteiger partial charge in [0.05, 0.1) is 10.6 Å². The summed E-state index contributed by atoms with van der Waals surface area (Å²) in [7, 11) is 0. The number of rotatable bonds is 1. The Labute approximate surface area is 124 Å². The summed E-state index contributed by atoms with van der Waals surface area (Å²) in [6.07, 6.45) is 3.37. The molecule has 0 atom stereocenters. The van der Waals surface area contributed by atoms with Gasteiger partial charge in [-0.2, -0.15) is 0 Å². The largest absolute Gasteiger partial charge is 0.339 e. The van der Waals surface area contributed by atoms with E-state index in [0.717, 1.165) is 29.5 Å². The molecule has 1 aliphatic rings. The third-order valence-corrected chi connectivity index (χ3v) is 4.86. The van der Waals surface area contributed by atoms with E-state index in [1.807, 2.05) is 4.90 Å². The fourth-order valence-corrected chi connectivity index (χ4v) is 3.01. The Kier molecular flexibility index (Phi) is 4.55. The molecule has 2 rings (SSSR count). The van der Waals surface area contributed by atoms with Gasteiger partial charge in [-0.05, 0) is 54.0 Å². The molecule has 1 heterocycles. The van der Waals surface area contributed by atoms with Crippen molar-refractivity contribution in [2.45, 2.75) is 19.3 Å². The van der Waals surface area contributed by atoms with Gasteiger partial charge in [0.25, 0.3) is 5.91 Å². The molecule has 0 saturated carbocycles. The molecule has 1 amide bonds. The first-order valence-corrected chi connectivity index (χ1v) is 7.37. The van der Waals surface area contributed by atoms with Gasteiger partial charge in [0, 0.05) is 21.7 Å². The van der Waals surface area contributed by atoms with Crippen molar-refractivity contribution in [3.8, 4) is 0 Å². The predicted molar refractivity (Wildman–Crippen MR) is 78.9 cm³/mol. The van der Waals surface area contributed by atoms with E-state index in [0.29, 0.717) is 15.6 Å². The van der Waals surface area contributed by atoms with Crippen molar-refractivity contribution < 1.29 is 4.79 Å². The van der Waals surface area contributed by atoms with Crippen LogP contribution >= 0.6 is 45.8 Å². The number of carbonyl (C=O) groups excluding carboxylic acids is 1.